The van der Waals surface area contributed by atoms with Gasteiger partial charge in [-0.25, -0.2) is 4.79 Å². The molecule has 1 heterocycles. The number of carbonyl (C=O) groups excluding carboxylic acids is 2. The fraction of sp³-hybridized carbons (Fsp3) is 0.263. The molecule has 0 spiro atoms. The summed E-state index contributed by atoms with van der Waals surface area (Å²) in [5.41, 5.74) is 0.0209. The molecular formula is C19H17ClN2O6. The number of nitrogens with zero attached hydrogens (tertiary/aromatic N) is 2. The van der Waals surface area contributed by atoms with Crippen molar-refractivity contribution < 1.29 is 24.0 Å². The van der Waals surface area contributed by atoms with Gasteiger partial charge in [-0.1, -0.05) is 41.9 Å². The molecule has 1 atom stereocenters. The van der Waals surface area contributed by atoms with E-state index in [2.05, 4.69) is 0 Å². The fourth-order valence-electron chi connectivity index (χ4n) is 2.79. The Kier molecular flexibility index (Phi) is 6.23. The van der Waals surface area contributed by atoms with E-state index >= 15 is 0 Å². The summed E-state index contributed by atoms with van der Waals surface area (Å²) in [5.74, 6) is -1.30. The van der Waals surface area contributed by atoms with Crippen LogP contribution in [-0.2, 0) is 14.3 Å². The molecule has 0 radical (unpaired) electrons. The van der Waals surface area contributed by atoms with Gasteiger partial charge in [0.2, 0.25) is 6.10 Å². The number of amides is 1. The summed E-state index contributed by atoms with van der Waals surface area (Å²) in [7, 11) is 0. The Morgan fingerprint density at radius 1 is 1.14 bits per heavy atom. The topological polar surface area (TPSA) is 99.0 Å². The molecule has 8 nitrogen and oxygen atoms in total. The predicted molar refractivity (Wildman–Crippen MR) is 100 cm³/mol. The van der Waals surface area contributed by atoms with E-state index in [1.165, 1.54) is 12.1 Å². The number of hydrogen-bond donors (Lipinski definition) is 0. The second-order valence-corrected chi connectivity index (χ2v) is 6.46. The molecule has 28 heavy (non-hydrogen) atoms. The quantitative estimate of drug-likeness (QED) is 0.431. The molecular weight excluding hydrogens is 388 g/mol. The van der Waals surface area contributed by atoms with Crippen molar-refractivity contribution in [3.8, 4) is 0 Å². The molecule has 0 bridgehead atoms. The van der Waals surface area contributed by atoms with Crippen LogP contribution in [0.4, 0.5) is 5.69 Å². The number of hydrogen-bond acceptors (Lipinski definition) is 6. The Labute approximate surface area is 165 Å². The van der Waals surface area contributed by atoms with Crippen molar-refractivity contribution in [1.82, 2.24) is 4.90 Å². The van der Waals surface area contributed by atoms with Gasteiger partial charge in [-0.3, -0.25) is 14.9 Å². The summed E-state index contributed by atoms with van der Waals surface area (Å²) in [6.07, 6.45) is -1.19. The van der Waals surface area contributed by atoms with Gasteiger partial charge >= 0.3 is 5.97 Å². The van der Waals surface area contributed by atoms with Crippen molar-refractivity contribution >= 4 is 29.2 Å². The van der Waals surface area contributed by atoms with Crippen LogP contribution in [0.2, 0.25) is 5.02 Å². The Bertz CT molecular complexity index is 883. The van der Waals surface area contributed by atoms with E-state index in [0.717, 1.165) is 6.07 Å². The Morgan fingerprint density at radius 3 is 2.46 bits per heavy atom. The molecule has 0 unspecified atom stereocenters. The normalized spacial score (nSPS) is 15.0. The van der Waals surface area contributed by atoms with Crippen LogP contribution >= 0.6 is 11.6 Å². The first-order chi connectivity index (χ1) is 13.5. The number of nitro groups is 1. The zero-order valence-electron chi connectivity index (χ0n) is 14.7. The van der Waals surface area contributed by atoms with Crippen molar-refractivity contribution in [2.24, 2.45) is 0 Å². The molecule has 3 rings (SSSR count). The summed E-state index contributed by atoms with van der Waals surface area (Å²) in [6, 6.07) is 12.0. The molecule has 1 aliphatic heterocycles. The average Bonchev–Trinajstić information content (AvgIpc) is 2.72. The third-order valence-electron chi connectivity index (χ3n) is 4.25. The van der Waals surface area contributed by atoms with Gasteiger partial charge in [-0.15, -0.1) is 0 Å². The monoisotopic (exact) mass is 404 g/mol. The molecule has 1 amide bonds. The maximum absolute atomic E-state index is 13.0. The molecule has 1 aliphatic rings. The zero-order chi connectivity index (χ0) is 20.1. The summed E-state index contributed by atoms with van der Waals surface area (Å²) in [6.45, 7) is 1.57. The van der Waals surface area contributed by atoms with Crippen molar-refractivity contribution in [3.63, 3.8) is 0 Å². The van der Waals surface area contributed by atoms with E-state index in [1.807, 2.05) is 0 Å². The second kappa shape index (κ2) is 8.81. The second-order valence-electron chi connectivity index (χ2n) is 6.05. The molecule has 146 valence electrons. The van der Waals surface area contributed by atoms with E-state index in [9.17, 15) is 19.7 Å². The molecule has 2 aromatic carbocycles. The number of ether oxygens (including phenoxy) is 2. The molecule has 2 aromatic rings. The molecule has 0 N–H and O–H groups in total. The number of nitro benzene ring substituents is 1. The number of carbonyl (C=O) groups is 2. The minimum Gasteiger partial charge on any atom is -0.444 e. The minimum absolute atomic E-state index is 0.00114. The highest BCUT2D eigenvalue weighted by atomic mass is 35.5. The lowest BCUT2D eigenvalue weighted by Gasteiger charge is -2.30. The highest BCUT2D eigenvalue weighted by Gasteiger charge is 2.31. The lowest BCUT2D eigenvalue weighted by molar-refractivity contribution is -0.384. The van der Waals surface area contributed by atoms with Gasteiger partial charge in [0, 0.05) is 30.8 Å². The summed E-state index contributed by atoms with van der Waals surface area (Å²) < 4.78 is 10.7. The number of esters is 1. The number of halogens is 1. The highest BCUT2D eigenvalue weighted by molar-refractivity contribution is 6.33. The van der Waals surface area contributed by atoms with Crippen LogP contribution in [0.1, 0.15) is 22.0 Å². The standard InChI is InChI=1S/C19H17ClN2O6/c20-16-7-6-14(22(25)26)12-15(16)19(24)28-17(13-4-2-1-3-5-13)18(23)21-8-10-27-11-9-21/h1-7,12,17H,8-11H2/t17-/m0/s1. The average molecular weight is 405 g/mol. The van der Waals surface area contributed by atoms with E-state index in [-0.39, 0.29) is 22.2 Å². The predicted octanol–water partition coefficient (Wildman–Crippen LogP) is 3.01. The Balaban J connectivity index is 1.89. The maximum Gasteiger partial charge on any atom is 0.341 e. The van der Waals surface area contributed by atoms with Crippen LogP contribution in [-0.4, -0.2) is 48.0 Å². The van der Waals surface area contributed by atoms with Crippen LogP contribution in [0.3, 0.4) is 0 Å². The zero-order valence-corrected chi connectivity index (χ0v) is 15.5. The fourth-order valence-corrected chi connectivity index (χ4v) is 2.99. The number of morpholine rings is 1. The Morgan fingerprint density at radius 2 is 1.82 bits per heavy atom. The first kappa shape index (κ1) is 19.8. The van der Waals surface area contributed by atoms with Gasteiger partial charge in [0.15, 0.2) is 0 Å². The first-order valence-electron chi connectivity index (χ1n) is 8.54. The van der Waals surface area contributed by atoms with Gasteiger partial charge in [-0.2, -0.15) is 0 Å². The number of benzene rings is 2. The molecule has 0 aliphatic carbocycles. The smallest absolute Gasteiger partial charge is 0.341 e. The van der Waals surface area contributed by atoms with Crippen molar-refractivity contribution in [1.29, 1.82) is 0 Å². The summed E-state index contributed by atoms with van der Waals surface area (Å²) >= 11 is 6.02. The summed E-state index contributed by atoms with van der Waals surface area (Å²) in [5, 5.41) is 11.0. The Hall–Kier alpha value is -2.97. The van der Waals surface area contributed by atoms with Crippen molar-refractivity contribution in [2.75, 3.05) is 26.3 Å². The van der Waals surface area contributed by atoms with Gasteiger partial charge in [0.25, 0.3) is 11.6 Å². The minimum atomic E-state index is -1.19. The van der Waals surface area contributed by atoms with Gasteiger partial charge < -0.3 is 14.4 Å². The first-order valence-corrected chi connectivity index (χ1v) is 8.91. The van der Waals surface area contributed by atoms with Crippen LogP contribution in [0, 0.1) is 10.1 Å². The SMILES string of the molecule is O=C(O[C@H](C(=O)N1CCOCC1)c1ccccc1)c1cc([N+](=O)[O-])ccc1Cl. The molecule has 0 aromatic heterocycles. The number of rotatable bonds is 5. The number of non-ortho nitro benzene ring substituents is 1. The van der Waals surface area contributed by atoms with Crippen LogP contribution in [0.25, 0.3) is 0 Å². The summed E-state index contributed by atoms with van der Waals surface area (Å²) in [4.78, 5) is 37.6. The van der Waals surface area contributed by atoms with E-state index in [1.54, 1.807) is 35.2 Å². The molecule has 0 saturated carbocycles. The van der Waals surface area contributed by atoms with Crippen LogP contribution in [0.5, 0.6) is 0 Å². The van der Waals surface area contributed by atoms with Gasteiger partial charge in [-0.05, 0) is 6.07 Å². The van der Waals surface area contributed by atoms with Gasteiger partial charge in [0.05, 0.1) is 28.7 Å². The highest BCUT2D eigenvalue weighted by Crippen LogP contribution is 2.27. The lowest BCUT2D eigenvalue weighted by atomic mass is 10.1. The third kappa shape index (κ3) is 4.47. The van der Waals surface area contributed by atoms with Crippen molar-refractivity contribution in [2.45, 2.75) is 6.10 Å². The molecule has 9 heteroatoms. The third-order valence-corrected chi connectivity index (χ3v) is 4.58. The van der Waals surface area contributed by atoms with Crippen LogP contribution < -0.4 is 0 Å². The van der Waals surface area contributed by atoms with E-state index in [0.29, 0.717) is 31.9 Å². The van der Waals surface area contributed by atoms with Gasteiger partial charge in [0.1, 0.15) is 0 Å². The molecule has 1 fully saturated rings. The van der Waals surface area contributed by atoms with E-state index < -0.39 is 17.0 Å². The lowest BCUT2D eigenvalue weighted by Crippen LogP contribution is -2.44. The largest absolute Gasteiger partial charge is 0.444 e. The van der Waals surface area contributed by atoms with Crippen molar-refractivity contribution in [3.05, 3.63) is 74.8 Å². The van der Waals surface area contributed by atoms with E-state index in [4.69, 9.17) is 21.1 Å². The maximum atomic E-state index is 13.0. The molecule has 1 saturated heterocycles. The van der Waals surface area contributed by atoms with Crippen LogP contribution in [0.15, 0.2) is 48.5 Å².